The highest BCUT2D eigenvalue weighted by molar-refractivity contribution is 6.39. The van der Waals surface area contributed by atoms with Gasteiger partial charge in [0.15, 0.2) is 0 Å². The fourth-order valence-corrected chi connectivity index (χ4v) is 3.89. The lowest BCUT2D eigenvalue weighted by atomic mass is 9.96. The lowest BCUT2D eigenvalue weighted by Crippen LogP contribution is -2.40. The van der Waals surface area contributed by atoms with Crippen LogP contribution in [0.4, 0.5) is 11.4 Å². The molecule has 0 spiro atoms. The third-order valence-corrected chi connectivity index (χ3v) is 5.89. The van der Waals surface area contributed by atoms with Crippen LogP contribution in [-0.2, 0) is 16.0 Å². The van der Waals surface area contributed by atoms with Crippen LogP contribution in [0.2, 0.25) is 0 Å². The van der Waals surface area contributed by atoms with Crippen LogP contribution in [-0.4, -0.2) is 50.9 Å². The topological polar surface area (TPSA) is 64.7 Å². The van der Waals surface area contributed by atoms with E-state index in [4.69, 9.17) is 0 Å². The molecule has 0 fully saturated rings. The summed E-state index contributed by atoms with van der Waals surface area (Å²) in [5, 5.41) is 5.47. The van der Waals surface area contributed by atoms with Gasteiger partial charge in [-0.1, -0.05) is 18.2 Å². The van der Waals surface area contributed by atoms with Crippen LogP contribution in [0.5, 0.6) is 0 Å². The van der Waals surface area contributed by atoms with Gasteiger partial charge in [-0.25, -0.2) is 0 Å². The molecule has 2 aromatic rings. The summed E-state index contributed by atoms with van der Waals surface area (Å²) in [6.07, 6.45) is 2.22. The predicted molar refractivity (Wildman–Crippen MR) is 122 cm³/mol. The van der Waals surface area contributed by atoms with Gasteiger partial charge in [-0.15, -0.1) is 0 Å². The number of likely N-dealkylation sites (N-methyl/N-ethyl adjacent to an activating group) is 1. The Morgan fingerprint density at radius 1 is 1.07 bits per heavy atom. The fraction of sp³-hybridized carbons (Fsp3) is 0.417. The van der Waals surface area contributed by atoms with E-state index in [9.17, 15) is 9.59 Å². The molecule has 1 atom stereocenters. The Hall–Kier alpha value is -2.86. The number of amides is 2. The summed E-state index contributed by atoms with van der Waals surface area (Å²) in [4.78, 5) is 29.0. The molecule has 160 valence electrons. The number of fused-ring (bicyclic) bond motifs is 1. The van der Waals surface area contributed by atoms with Gasteiger partial charge in [0.25, 0.3) is 0 Å². The Balaban J connectivity index is 1.65. The molecule has 0 aromatic heterocycles. The molecule has 3 rings (SSSR count). The second-order valence-electron chi connectivity index (χ2n) is 8.36. The molecule has 0 saturated heterocycles. The molecule has 6 nitrogen and oxygen atoms in total. The van der Waals surface area contributed by atoms with E-state index >= 15 is 0 Å². The van der Waals surface area contributed by atoms with Crippen LogP contribution in [0.25, 0.3) is 0 Å². The van der Waals surface area contributed by atoms with Crippen molar-refractivity contribution in [3.8, 4) is 0 Å². The van der Waals surface area contributed by atoms with E-state index in [0.29, 0.717) is 12.2 Å². The van der Waals surface area contributed by atoms with Gasteiger partial charge in [0.1, 0.15) is 0 Å². The Bertz CT molecular complexity index is 939. The van der Waals surface area contributed by atoms with Crippen molar-refractivity contribution < 1.29 is 9.59 Å². The number of nitrogens with one attached hydrogen (secondary N) is 2. The highest BCUT2D eigenvalue weighted by Gasteiger charge is 2.21. The quantitative estimate of drug-likeness (QED) is 0.747. The van der Waals surface area contributed by atoms with E-state index in [-0.39, 0.29) is 6.04 Å². The molecule has 1 aliphatic heterocycles. The first kappa shape index (κ1) is 21.8. The summed E-state index contributed by atoms with van der Waals surface area (Å²) in [6.45, 7) is 5.42. The van der Waals surface area contributed by atoms with Gasteiger partial charge in [0, 0.05) is 31.5 Å². The lowest BCUT2D eigenvalue weighted by Gasteiger charge is -2.30. The van der Waals surface area contributed by atoms with Gasteiger partial charge >= 0.3 is 11.8 Å². The van der Waals surface area contributed by atoms with E-state index in [1.165, 1.54) is 11.3 Å². The van der Waals surface area contributed by atoms with E-state index < -0.39 is 11.8 Å². The van der Waals surface area contributed by atoms with Crippen LogP contribution < -0.4 is 15.5 Å². The summed E-state index contributed by atoms with van der Waals surface area (Å²) in [6, 6.07) is 12.1. The van der Waals surface area contributed by atoms with E-state index in [2.05, 4.69) is 45.7 Å². The number of rotatable bonds is 5. The van der Waals surface area contributed by atoms with E-state index in [1.54, 1.807) is 6.07 Å². The average molecular weight is 409 g/mol. The maximum atomic E-state index is 12.4. The van der Waals surface area contributed by atoms with Crippen LogP contribution in [0.1, 0.15) is 34.7 Å². The molecule has 0 aliphatic carbocycles. The number of aryl methyl sites for hydroxylation is 3. The first-order chi connectivity index (χ1) is 14.3. The zero-order chi connectivity index (χ0) is 21.8. The minimum absolute atomic E-state index is 0.0131. The normalized spacial score (nSPS) is 14.3. The number of hydrogen-bond acceptors (Lipinski definition) is 4. The number of nitrogens with zero attached hydrogens (tertiary/aromatic N) is 2. The van der Waals surface area contributed by atoms with E-state index in [1.807, 2.05) is 40.1 Å². The van der Waals surface area contributed by atoms with Crippen molar-refractivity contribution in [3.63, 3.8) is 0 Å². The second kappa shape index (κ2) is 9.30. The highest BCUT2D eigenvalue weighted by atomic mass is 16.2. The van der Waals surface area contributed by atoms with Crippen LogP contribution in [0, 0.1) is 13.8 Å². The molecule has 6 heteroatoms. The molecule has 1 heterocycles. The Labute approximate surface area is 179 Å². The molecule has 1 unspecified atom stereocenters. The van der Waals surface area contributed by atoms with Crippen molar-refractivity contribution in [3.05, 3.63) is 58.7 Å². The molecule has 2 N–H and O–H groups in total. The maximum Gasteiger partial charge on any atom is 0.313 e. The molecule has 30 heavy (non-hydrogen) atoms. The predicted octanol–water partition coefficient (Wildman–Crippen LogP) is 3.04. The van der Waals surface area contributed by atoms with Crippen molar-refractivity contribution in [1.82, 2.24) is 10.2 Å². The first-order valence-corrected chi connectivity index (χ1v) is 10.4. The monoisotopic (exact) mass is 408 g/mol. The van der Waals surface area contributed by atoms with Gasteiger partial charge < -0.3 is 20.4 Å². The molecular formula is C24H32N4O2. The summed E-state index contributed by atoms with van der Waals surface area (Å²) >= 11 is 0. The van der Waals surface area contributed by atoms with Crippen molar-refractivity contribution in [1.29, 1.82) is 0 Å². The summed E-state index contributed by atoms with van der Waals surface area (Å²) in [5.74, 6) is -1.28. The molecule has 0 saturated carbocycles. The fourth-order valence-electron chi connectivity index (χ4n) is 3.89. The number of hydrogen-bond donors (Lipinski definition) is 2. The molecular weight excluding hydrogens is 376 g/mol. The minimum atomic E-state index is -0.650. The summed E-state index contributed by atoms with van der Waals surface area (Å²) in [5.41, 5.74) is 6.60. The lowest BCUT2D eigenvalue weighted by molar-refractivity contribution is -0.136. The zero-order valence-electron chi connectivity index (χ0n) is 18.6. The third kappa shape index (κ3) is 5.00. The van der Waals surface area contributed by atoms with Crippen LogP contribution in [0.3, 0.4) is 0 Å². The van der Waals surface area contributed by atoms with Gasteiger partial charge in [0.2, 0.25) is 0 Å². The van der Waals surface area contributed by atoms with Gasteiger partial charge in [-0.2, -0.15) is 0 Å². The Morgan fingerprint density at radius 3 is 2.53 bits per heavy atom. The molecule has 1 aliphatic rings. The molecule has 0 radical (unpaired) electrons. The SMILES string of the molecule is Cc1ccc(NC(=O)C(=O)NCC(c2ccc3c(c2)CCCN3C)N(C)C)cc1C. The summed E-state index contributed by atoms with van der Waals surface area (Å²) < 4.78 is 0. The average Bonchev–Trinajstić information content (AvgIpc) is 2.70. The van der Waals surface area contributed by atoms with E-state index in [0.717, 1.165) is 36.1 Å². The Morgan fingerprint density at radius 2 is 1.83 bits per heavy atom. The number of benzene rings is 2. The Kier molecular flexibility index (Phi) is 6.77. The van der Waals surface area contributed by atoms with Crippen LogP contribution >= 0.6 is 0 Å². The minimum Gasteiger partial charge on any atom is -0.374 e. The number of carbonyl (C=O) groups is 2. The molecule has 2 aromatic carbocycles. The van der Waals surface area contributed by atoms with Crippen molar-refractivity contribution in [2.45, 2.75) is 32.7 Å². The van der Waals surface area contributed by atoms with Crippen molar-refractivity contribution in [2.75, 3.05) is 44.4 Å². The largest absolute Gasteiger partial charge is 0.374 e. The highest BCUT2D eigenvalue weighted by Crippen LogP contribution is 2.29. The maximum absolute atomic E-state index is 12.4. The smallest absolute Gasteiger partial charge is 0.313 e. The second-order valence-corrected chi connectivity index (χ2v) is 8.36. The van der Waals surface area contributed by atoms with Crippen LogP contribution in [0.15, 0.2) is 36.4 Å². The third-order valence-electron chi connectivity index (χ3n) is 5.89. The van der Waals surface area contributed by atoms with Gasteiger partial charge in [-0.05, 0) is 81.2 Å². The number of anilines is 2. The van der Waals surface area contributed by atoms with Gasteiger partial charge in [-0.3, -0.25) is 9.59 Å². The molecule has 2 amide bonds. The molecule has 0 bridgehead atoms. The van der Waals surface area contributed by atoms with Crippen molar-refractivity contribution >= 4 is 23.2 Å². The first-order valence-electron chi connectivity index (χ1n) is 10.4. The van der Waals surface area contributed by atoms with Gasteiger partial charge in [0.05, 0.1) is 6.04 Å². The van der Waals surface area contributed by atoms with Crippen molar-refractivity contribution in [2.24, 2.45) is 0 Å². The number of carbonyl (C=O) groups excluding carboxylic acids is 2. The zero-order valence-corrected chi connectivity index (χ0v) is 18.6. The summed E-state index contributed by atoms with van der Waals surface area (Å²) in [7, 11) is 6.09. The standard InChI is InChI=1S/C24H32N4O2/c1-16-8-10-20(13-17(16)2)26-24(30)23(29)25-15-22(27(3)4)19-9-11-21-18(14-19)7-6-12-28(21)5/h8-11,13-14,22H,6-7,12,15H2,1-5H3,(H,25,29)(H,26,30).